The van der Waals surface area contributed by atoms with E-state index < -0.39 is 0 Å². The van der Waals surface area contributed by atoms with Crippen molar-refractivity contribution in [1.29, 1.82) is 0 Å². The molecule has 33 heavy (non-hydrogen) atoms. The van der Waals surface area contributed by atoms with Crippen LogP contribution < -0.4 is 5.56 Å². The number of rotatable bonds is 4. The number of aromatic nitrogens is 6. The highest BCUT2D eigenvalue weighted by atomic mass is 16.5. The maximum Gasteiger partial charge on any atom is 0.297 e. The number of hydrogen-bond donors (Lipinski definition) is 0. The minimum atomic E-state index is -0.152. The van der Waals surface area contributed by atoms with Crippen molar-refractivity contribution < 1.29 is 4.74 Å². The van der Waals surface area contributed by atoms with Crippen LogP contribution in [0.25, 0.3) is 28.0 Å². The van der Waals surface area contributed by atoms with Gasteiger partial charge in [-0.05, 0) is 42.2 Å². The van der Waals surface area contributed by atoms with Crippen molar-refractivity contribution in [1.82, 2.24) is 29.3 Å². The van der Waals surface area contributed by atoms with Gasteiger partial charge in [0.25, 0.3) is 5.56 Å². The topological polar surface area (TPSA) is 79.8 Å². The highest BCUT2D eigenvalue weighted by molar-refractivity contribution is 5.92. The van der Waals surface area contributed by atoms with Crippen LogP contribution in [-0.4, -0.2) is 42.6 Å². The predicted molar refractivity (Wildman–Crippen MR) is 125 cm³/mol. The molecule has 0 spiro atoms. The first kappa shape index (κ1) is 19.9. The van der Waals surface area contributed by atoms with E-state index in [0.29, 0.717) is 30.5 Å². The smallest absolute Gasteiger partial charge is 0.297 e. The second-order valence-corrected chi connectivity index (χ2v) is 8.65. The van der Waals surface area contributed by atoms with Crippen LogP contribution in [0.1, 0.15) is 24.9 Å². The minimum absolute atomic E-state index is 0.0671. The summed E-state index contributed by atoms with van der Waals surface area (Å²) in [6.45, 7) is 3.93. The van der Waals surface area contributed by atoms with Crippen molar-refractivity contribution in [3.8, 4) is 17.1 Å². The summed E-state index contributed by atoms with van der Waals surface area (Å²) >= 11 is 0. The van der Waals surface area contributed by atoms with E-state index in [2.05, 4.69) is 24.2 Å². The van der Waals surface area contributed by atoms with E-state index in [1.165, 1.54) is 0 Å². The largest absolute Gasteiger partial charge is 0.379 e. The molecule has 4 heterocycles. The van der Waals surface area contributed by atoms with Crippen molar-refractivity contribution in [3.05, 3.63) is 82.9 Å². The van der Waals surface area contributed by atoms with Gasteiger partial charge in [-0.25, -0.2) is 9.36 Å². The molecule has 1 saturated heterocycles. The lowest BCUT2D eigenvalue weighted by atomic mass is 9.97. The van der Waals surface area contributed by atoms with E-state index in [4.69, 9.17) is 14.9 Å². The van der Waals surface area contributed by atoms with E-state index in [1.54, 1.807) is 10.9 Å². The van der Waals surface area contributed by atoms with E-state index >= 15 is 0 Å². The normalized spacial score (nSPS) is 18.8. The van der Waals surface area contributed by atoms with Crippen LogP contribution in [0.2, 0.25) is 0 Å². The van der Waals surface area contributed by atoms with Crippen LogP contribution in [-0.2, 0) is 11.3 Å². The standard InChI is InChI=1S/C25H24N6O2/c1-17-11-14-33-16-22(17)31-25(32)24-23(28-31)20-5-2-3-6-21(20)30(27-24)15-18-7-9-19(10-8-18)29-13-4-12-26-29/h2-10,12-13,17,22H,11,14-16H2,1H3/t17-,22+/m0/s1. The van der Waals surface area contributed by atoms with E-state index in [1.807, 2.05) is 58.0 Å². The lowest BCUT2D eigenvalue weighted by Gasteiger charge is -2.28. The van der Waals surface area contributed by atoms with E-state index in [0.717, 1.165) is 35.2 Å². The summed E-state index contributed by atoms with van der Waals surface area (Å²) in [4.78, 5) is 13.4. The molecule has 1 aromatic heterocycles. The van der Waals surface area contributed by atoms with Crippen molar-refractivity contribution >= 4 is 10.9 Å². The van der Waals surface area contributed by atoms with Gasteiger partial charge in [-0.2, -0.15) is 15.3 Å². The summed E-state index contributed by atoms with van der Waals surface area (Å²) in [6.07, 6.45) is 4.59. The Kier molecular flexibility index (Phi) is 4.80. The third-order valence-corrected chi connectivity index (χ3v) is 6.52. The molecule has 3 aliphatic rings. The van der Waals surface area contributed by atoms with Gasteiger partial charge < -0.3 is 4.74 Å². The molecule has 166 valence electrons. The van der Waals surface area contributed by atoms with Gasteiger partial charge in [0.05, 0.1) is 30.4 Å². The number of ether oxygens (including phenoxy) is 1. The number of hydrogen-bond acceptors (Lipinski definition) is 5. The third-order valence-electron chi connectivity index (χ3n) is 6.52. The van der Waals surface area contributed by atoms with E-state index in [9.17, 15) is 4.79 Å². The second kappa shape index (κ2) is 7.97. The maximum atomic E-state index is 13.4. The van der Waals surface area contributed by atoms with Gasteiger partial charge in [0.15, 0.2) is 5.69 Å². The predicted octanol–water partition coefficient (Wildman–Crippen LogP) is 3.53. The maximum absolute atomic E-state index is 13.4. The Morgan fingerprint density at radius 3 is 2.67 bits per heavy atom. The minimum Gasteiger partial charge on any atom is -0.379 e. The van der Waals surface area contributed by atoms with Gasteiger partial charge in [-0.15, -0.1) is 0 Å². The molecule has 0 amide bonds. The highest BCUT2D eigenvalue weighted by Crippen LogP contribution is 2.29. The molecule has 2 aromatic carbocycles. The quantitative estimate of drug-likeness (QED) is 0.427. The zero-order valence-electron chi connectivity index (χ0n) is 18.3. The molecule has 8 heteroatoms. The van der Waals surface area contributed by atoms with Crippen LogP contribution in [0.15, 0.2) is 71.8 Å². The van der Waals surface area contributed by atoms with Crippen molar-refractivity contribution in [2.45, 2.75) is 25.9 Å². The lowest BCUT2D eigenvalue weighted by molar-refractivity contribution is 0.0227. The molecule has 6 rings (SSSR count). The summed E-state index contributed by atoms with van der Waals surface area (Å²) in [5.41, 5.74) is 3.92. The molecule has 3 aliphatic heterocycles. The summed E-state index contributed by atoms with van der Waals surface area (Å²) in [5.74, 6) is 0.326. The van der Waals surface area contributed by atoms with Gasteiger partial charge in [-0.1, -0.05) is 37.3 Å². The fraction of sp³-hybridized carbons (Fsp3) is 0.280. The summed E-state index contributed by atoms with van der Waals surface area (Å²) in [7, 11) is 0. The number of benzene rings is 2. The SMILES string of the molecule is C[C@H]1CCOC[C@H]1n1nc2c3ccccc3n(Cc3ccc(-n4cccn4)cc3)nc-2c1=O. The van der Waals surface area contributed by atoms with Crippen LogP contribution in [0.5, 0.6) is 0 Å². The van der Waals surface area contributed by atoms with Gasteiger partial charge >= 0.3 is 0 Å². The zero-order chi connectivity index (χ0) is 22.4. The molecule has 8 nitrogen and oxygen atoms in total. The average Bonchev–Trinajstić information content (AvgIpc) is 3.49. The first-order valence-corrected chi connectivity index (χ1v) is 11.2. The van der Waals surface area contributed by atoms with Crippen LogP contribution in [0, 0.1) is 5.92 Å². The molecule has 2 atom stereocenters. The Morgan fingerprint density at radius 2 is 1.88 bits per heavy atom. The van der Waals surface area contributed by atoms with E-state index in [-0.39, 0.29) is 11.6 Å². The first-order valence-electron chi connectivity index (χ1n) is 11.2. The Labute approximate surface area is 190 Å². The summed E-state index contributed by atoms with van der Waals surface area (Å²) in [5, 5.41) is 14.7. The molecule has 0 aliphatic carbocycles. The number of para-hydroxylation sites is 1. The summed E-state index contributed by atoms with van der Waals surface area (Å²) in [6, 6.07) is 18.0. The van der Waals surface area contributed by atoms with Crippen molar-refractivity contribution in [3.63, 3.8) is 0 Å². The van der Waals surface area contributed by atoms with Crippen molar-refractivity contribution in [2.75, 3.05) is 13.2 Å². The monoisotopic (exact) mass is 440 g/mol. The van der Waals surface area contributed by atoms with Crippen molar-refractivity contribution in [2.24, 2.45) is 5.92 Å². The summed E-state index contributed by atoms with van der Waals surface area (Å²) < 4.78 is 11.0. The van der Waals surface area contributed by atoms with Gasteiger partial charge in [0.1, 0.15) is 5.69 Å². The number of fused-ring (bicyclic) bond motifs is 3. The molecule has 0 radical (unpaired) electrons. The lowest BCUT2D eigenvalue weighted by Crippen LogP contribution is -2.34. The van der Waals surface area contributed by atoms with Gasteiger partial charge in [-0.3, -0.25) is 9.48 Å². The highest BCUT2D eigenvalue weighted by Gasteiger charge is 2.30. The van der Waals surface area contributed by atoms with Gasteiger partial charge in [0.2, 0.25) is 0 Å². The molecular weight excluding hydrogens is 416 g/mol. The molecular formula is C25H24N6O2. The Morgan fingerprint density at radius 1 is 1.03 bits per heavy atom. The zero-order valence-corrected chi connectivity index (χ0v) is 18.3. The fourth-order valence-corrected chi connectivity index (χ4v) is 4.59. The second-order valence-electron chi connectivity index (χ2n) is 8.65. The Bertz CT molecular complexity index is 1430. The van der Waals surface area contributed by atoms with Gasteiger partial charge in [0, 0.05) is 24.4 Å². The van der Waals surface area contributed by atoms with Crippen LogP contribution >= 0.6 is 0 Å². The Balaban J connectivity index is 1.43. The molecule has 3 aromatic rings. The fourth-order valence-electron chi connectivity index (χ4n) is 4.59. The molecule has 1 fully saturated rings. The molecule has 0 N–H and O–H groups in total. The first-order chi connectivity index (χ1) is 16.2. The average molecular weight is 441 g/mol. The molecule has 0 saturated carbocycles. The van der Waals surface area contributed by atoms with Crippen LogP contribution in [0.3, 0.4) is 0 Å². The Hall–Kier alpha value is -3.78. The third kappa shape index (κ3) is 3.43. The molecule has 0 unspecified atom stereocenters. The van der Waals surface area contributed by atoms with Crippen LogP contribution in [0.4, 0.5) is 0 Å². The number of nitrogens with zero attached hydrogens (tertiary/aromatic N) is 6. The molecule has 0 bridgehead atoms.